The maximum absolute atomic E-state index is 13.5. The van der Waals surface area contributed by atoms with E-state index in [-0.39, 0.29) is 18.2 Å². The van der Waals surface area contributed by atoms with E-state index in [9.17, 15) is 4.39 Å². The van der Waals surface area contributed by atoms with Crippen LogP contribution in [0.25, 0.3) is 0 Å². The highest BCUT2D eigenvalue weighted by Crippen LogP contribution is 2.30. The van der Waals surface area contributed by atoms with Crippen LogP contribution >= 0.6 is 35.0 Å². The van der Waals surface area contributed by atoms with E-state index in [0.29, 0.717) is 12.1 Å². The fourth-order valence-electron chi connectivity index (χ4n) is 2.21. The molecule has 0 saturated heterocycles. The molecule has 0 fully saturated rings. The van der Waals surface area contributed by atoms with Gasteiger partial charge in [0.1, 0.15) is 17.3 Å². The van der Waals surface area contributed by atoms with Crippen molar-refractivity contribution in [1.29, 1.82) is 0 Å². The molecule has 1 N–H and O–H groups in total. The minimum absolute atomic E-state index is 0. The molecular weight excluding hydrogens is 432 g/mol. The van der Waals surface area contributed by atoms with E-state index in [1.54, 1.807) is 26.4 Å². The fourth-order valence-corrected chi connectivity index (χ4v) is 2.87. The second-order valence-electron chi connectivity index (χ2n) is 4.82. The van der Waals surface area contributed by atoms with Crippen LogP contribution in [0.2, 0.25) is 0 Å². The molecule has 2 aromatic carbocycles. The van der Waals surface area contributed by atoms with E-state index >= 15 is 0 Å². The van der Waals surface area contributed by atoms with Crippen molar-refractivity contribution in [3.63, 3.8) is 0 Å². The summed E-state index contributed by atoms with van der Waals surface area (Å²) in [6.07, 6.45) is 0.783. The normalized spacial score (nSPS) is 10.1. The number of ether oxygens (including phenoxy) is 2. The Morgan fingerprint density at radius 1 is 1.04 bits per heavy atom. The number of methoxy groups -OCH3 is 2. The summed E-state index contributed by atoms with van der Waals surface area (Å²) in [5, 5.41) is 3.26. The van der Waals surface area contributed by atoms with Gasteiger partial charge in [-0.2, -0.15) is 0 Å². The van der Waals surface area contributed by atoms with E-state index in [1.807, 2.05) is 18.2 Å². The third-order valence-corrected chi connectivity index (χ3v) is 4.24. The van der Waals surface area contributed by atoms with Crippen molar-refractivity contribution in [3.05, 3.63) is 56.9 Å². The Balaban J connectivity index is 0.00000264. The summed E-state index contributed by atoms with van der Waals surface area (Å²) in [4.78, 5) is 0. The predicted molar refractivity (Wildman–Crippen MR) is 101 cm³/mol. The van der Waals surface area contributed by atoms with Gasteiger partial charge in [0.05, 0.1) is 17.8 Å². The third-order valence-electron chi connectivity index (χ3n) is 3.40. The number of halogens is 3. The first-order valence-electron chi connectivity index (χ1n) is 7.00. The van der Waals surface area contributed by atoms with Gasteiger partial charge in [0.2, 0.25) is 0 Å². The zero-order valence-electron chi connectivity index (χ0n) is 13.1. The molecular formula is C17H20ClFINO2. The zero-order valence-corrected chi connectivity index (χ0v) is 16.0. The molecule has 0 aliphatic rings. The van der Waals surface area contributed by atoms with Crippen LogP contribution in [0, 0.1) is 9.39 Å². The molecule has 0 amide bonds. The second kappa shape index (κ2) is 9.95. The summed E-state index contributed by atoms with van der Waals surface area (Å²) in [5.74, 6) is 1.51. The van der Waals surface area contributed by atoms with Gasteiger partial charge in [0.25, 0.3) is 0 Å². The molecule has 0 aliphatic heterocycles. The summed E-state index contributed by atoms with van der Waals surface area (Å²) in [6, 6.07) is 10.8. The minimum atomic E-state index is -0.177. The van der Waals surface area contributed by atoms with Crippen LogP contribution in [-0.4, -0.2) is 20.8 Å². The Morgan fingerprint density at radius 3 is 2.39 bits per heavy atom. The lowest BCUT2D eigenvalue weighted by Gasteiger charge is -2.13. The van der Waals surface area contributed by atoms with Gasteiger partial charge in [-0.25, -0.2) is 4.39 Å². The molecule has 2 rings (SSSR count). The molecule has 0 unspecified atom stereocenters. The Kier molecular flexibility index (Phi) is 8.65. The highest BCUT2D eigenvalue weighted by molar-refractivity contribution is 14.1. The third kappa shape index (κ3) is 5.51. The first-order valence-corrected chi connectivity index (χ1v) is 8.08. The van der Waals surface area contributed by atoms with Crippen molar-refractivity contribution in [3.8, 4) is 11.5 Å². The molecule has 0 spiro atoms. The van der Waals surface area contributed by atoms with Crippen LogP contribution in [0.1, 0.15) is 11.1 Å². The summed E-state index contributed by atoms with van der Waals surface area (Å²) in [7, 11) is 3.32. The second-order valence-corrected chi connectivity index (χ2v) is 5.98. The van der Waals surface area contributed by atoms with Gasteiger partial charge in [-0.1, -0.05) is 18.2 Å². The predicted octanol–water partition coefficient (Wildman–Crippen LogP) is 4.20. The van der Waals surface area contributed by atoms with E-state index in [1.165, 1.54) is 6.07 Å². The van der Waals surface area contributed by atoms with Crippen LogP contribution in [0.5, 0.6) is 11.5 Å². The number of hydrogen-bond donors (Lipinski definition) is 1. The van der Waals surface area contributed by atoms with Crippen LogP contribution < -0.4 is 14.8 Å². The average Bonchev–Trinajstić information content (AvgIpc) is 2.53. The van der Waals surface area contributed by atoms with Gasteiger partial charge in [0, 0.05) is 12.1 Å². The fraction of sp³-hybridized carbons (Fsp3) is 0.294. The molecule has 2 aromatic rings. The Morgan fingerprint density at radius 2 is 1.74 bits per heavy atom. The number of benzene rings is 2. The minimum Gasteiger partial charge on any atom is -0.496 e. The summed E-state index contributed by atoms with van der Waals surface area (Å²) in [6.45, 7) is 1.24. The number of rotatable bonds is 7. The van der Waals surface area contributed by atoms with E-state index in [2.05, 4.69) is 27.9 Å². The Labute approximate surface area is 156 Å². The van der Waals surface area contributed by atoms with Crippen molar-refractivity contribution in [2.24, 2.45) is 0 Å². The summed E-state index contributed by atoms with van der Waals surface area (Å²) >= 11 is 2.22. The first kappa shape index (κ1) is 20.0. The van der Waals surface area contributed by atoms with Crippen LogP contribution in [-0.2, 0) is 13.0 Å². The molecule has 0 atom stereocenters. The van der Waals surface area contributed by atoms with Gasteiger partial charge in [0.15, 0.2) is 0 Å². The molecule has 0 saturated carbocycles. The smallest absolute Gasteiger partial charge is 0.132 e. The average molecular weight is 452 g/mol. The molecule has 3 nitrogen and oxygen atoms in total. The number of nitrogens with one attached hydrogen (secondary N) is 1. The molecule has 0 aromatic heterocycles. The molecule has 6 heteroatoms. The summed E-state index contributed by atoms with van der Waals surface area (Å²) < 4.78 is 25.3. The molecule has 0 bridgehead atoms. The molecule has 0 heterocycles. The highest BCUT2D eigenvalue weighted by atomic mass is 127. The van der Waals surface area contributed by atoms with Gasteiger partial charge < -0.3 is 14.8 Å². The van der Waals surface area contributed by atoms with Crippen LogP contribution in [0.3, 0.4) is 0 Å². The maximum Gasteiger partial charge on any atom is 0.132 e. The number of hydrogen-bond acceptors (Lipinski definition) is 3. The van der Waals surface area contributed by atoms with Gasteiger partial charge >= 0.3 is 0 Å². The van der Waals surface area contributed by atoms with E-state index < -0.39 is 0 Å². The topological polar surface area (TPSA) is 30.5 Å². The van der Waals surface area contributed by atoms with Crippen LogP contribution in [0.4, 0.5) is 4.39 Å². The largest absolute Gasteiger partial charge is 0.496 e. The molecule has 0 radical (unpaired) electrons. The highest BCUT2D eigenvalue weighted by Gasteiger charge is 2.09. The Bertz CT molecular complexity index is 640. The molecule has 126 valence electrons. The lowest BCUT2D eigenvalue weighted by molar-refractivity contribution is 0.396. The van der Waals surface area contributed by atoms with Gasteiger partial charge in [-0.15, -0.1) is 12.4 Å². The van der Waals surface area contributed by atoms with Crippen molar-refractivity contribution >= 4 is 35.0 Å². The van der Waals surface area contributed by atoms with Crippen molar-refractivity contribution in [1.82, 2.24) is 5.32 Å². The van der Waals surface area contributed by atoms with Crippen molar-refractivity contribution < 1.29 is 13.9 Å². The SMILES string of the molecule is COc1cc(CCNCc2ccccc2F)c(OC)cc1I.Cl. The maximum atomic E-state index is 13.5. The monoisotopic (exact) mass is 451 g/mol. The van der Waals surface area contributed by atoms with Gasteiger partial charge in [-0.05, 0) is 59.3 Å². The first-order chi connectivity index (χ1) is 10.7. The lowest BCUT2D eigenvalue weighted by atomic mass is 10.1. The zero-order chi connectivity index (χ0) is 15.9. The molecule has 0 aliphatic carbocycles. The standard InChI is InChI=1S/C17H19FINO2.ClH/c1-21-16-10-15(19)17(22-2)9-12(16)7-8-20-11-13-5-3-4-6-14(13)18;/h3-6,9-10,20H,7-8,11H2,1-2H3;1H. The Hall–Kier alpha value is -1.05. The quantitative estimate of drug-likeness (QED) is 0.505. The van der Waals surface area contributed by atoms with Crippen molar-refractivity contribution in [2.75, 3.05) is 20.8 Å². The lowest BCUT2D eigenvalue weighted by Crippen LogP contribution is -2.17. The van der Waals surface area contributed by atoms with E-state index in [4.69, 9.17) is 9.47 Å². The van der Waals surface area contributed by atoms with Gasteiger partial charge in [-0.3, -0.25) is 0 Å². The molecule has 23 heavy (non-hydrogen) atoms. The summed E-state index contributed by atoms with van der Waals surface area (Å²) in [5.41, 5.74) is 1.75. The van der Waals surface area contributed by atoms with Crippen molar-refractivity contribution in [2.45, 2.75) is 13.0 Å². The van der Waals surface area contributed by atoms with Crippen LogP contribution in [0.15, 0.2) is 36.4 Å². The van der Waals surface area contributed by atoms with E-state index in [0.717, 1.165) is 33.6 Å².